The van der Waals surface area contributed by atoms with Gasteiger partial charge in [-0.2, -0.15) is 0 Å². The van der Waals surface area contributed by atoms with Crippen LogP contribution in [-0.4, -0.2) is 26.3 Å². The van der Waals surface area contributed by atoms with Gasteiger partial charge in [-0.05, 0) is 57.7 Å². The van der Waals surface area contributed by atoms with E-state index in [0.29, 0.717) is 12.0 Å². The summed E-state index contributed by atoms with van der Waals surface area (Å²) in [4.78, 5) is 0. The van der Waals surface area contributed by atoms with E-state index in [4.69, 9.17) is 4.74 Å². The summed E-state index contributed by atoms with van der Waals surface area (Å²) in [6.07, 6.45) is 5.32. The van der Waals surface area contributed by atoms with Crippen molar-refractivity contribution in [3.63, 3.8) is 0 Å². The van der Waals surface area contributed by atoms with Crippen LogP contribution in [0, 0.1) is 12.8 Å². The molecule has 18 heavy (non-hydrogen) atoms. The molecule has 1 N–H and O–H groups in total. The summed E-state index contributed by atoms with van der Waals surface area (Å²) in [5, 5.41) is 3.32. The monoisotopic (exact) mass is 247 g/mol. The fourth-order valence-corrected chi connectivity index (χ4v) is 2.90. The van der Waals surface area contributed by atoms with Gasteiger partial charge in [-0.3, -0.25) is 0 Å². The summed E-state index contributed by atoms with van der Waals surface area (Å²) in [6, 6.07) is 8.87. The average molecular weight is 247 g/mol. The second-order valence-electron chi connectivity index (χ2n) is 5.49. The van der Waals surface area contributed by atoms with Crippen molar-refractivity contribution in [2.75, 3.05) is 20.2 Å². The van der Waals surface area contributed by atoms with Crippen LogP contribution in [0.25, 0.3) is 0 Å². The lowest BCUT2D eigenvalue weighted by molar-refractivity contribution is 0.0895. The van der Waals surface area contributed by atoms with Crippen molar-refractivity contribution in [1.29, 1.82) is 0 Å². The van der Waals surface area contributed by atoms with Crippen LogP contribution in [0.15, 0.2) is 24.3 Å². The average Bonchev–Trinajstić information content (AvgIpc) is 2.82. The van der Waals surface area contributed by atoms with Gasteiger partial charge in [0.05, 0.1) is 6.10 Å². The van der Waals surface area contributed by atoms with E-state index < -0.39 is 0 Å². The summed E-state index contributed by atoms with van der Waals surface area (Å²) >= 11 is 0. The smallest absolute Gasteiger partial charge is 0.0579 e. The molecule has 0 spiro atoms. The highest BCUT2D eigenvalue weighted by molar-refractivity contribution is 5.22. The lowest BCUT2D eigenvalue weighted by Gasteiger charge is -2.20. The van der Waals surface area contributed by atoms with Crippen LogP contribution in [0.3, 0.4) is 0 Å². The Kier molecular flexibility index (Phi) is 5.21. The minimum Gasteiger partial charge on any atom is -0.378 e. The van der Waals surface area contributed by atoms with Gasteiger partial charge in [-0.25, -0.2) is 0 Å². The molecule has 0 radical (unpaired) electrons. The Hall–Kier alpha value is -0.860. The maximum absolute atomic E-state index is 5.76. The molecule has 1 saturated heterocycles. The molecule has 2 atom stereocenters. The van der Waals surface area contributed by atoms with Gasteiger partial charge in [-0.1, -0.05) is 29.8 Å². The Morgan fingerprint density at radius 1 is 1.44 bits per heavy atom. The Labute approximate surface area is 111 Å². The molecule has 2 unspecified atom stereocenters. The van der Waals surface area contributed by atoms with E-state index in [9.17, 15) is 0 Å². The number of benzene rings is 1. The van der Waals surface area contributed by atoms with Gasteiger partial charge >= 0.3 is 0 Å². The first-order valence-corrected chi connectivity index (χ1v) is 7.09. The van der Waals surface area contributed by atoms with Crippen molar-refractivity contribution < 1.29 is 4.74 Å². The Bertz CT molecular complexity index is 358. The molecule has 0 aliphatic carbocycles. The zero-order valence-electron chi connectivity index (χ0n) is 11.6. The molecule has 0 aromatic heterocycles. The van der Waals surface area contributed by atoms with Crippen LogP contribution in [0.1, 0.15) is 30.4 Å². The Balaban J connectivity index is 1.92. The lowest BCUT2D eigenvalue weighted by atomic mass is 9.92. The maximum Gasteiger partial charge on any atom is 0.0579 e. The van der Waals surface area contributed by atoms with Crippen molar-refractivity contribution >= 4 is 0 Å². The number of rotatable bonds is 6. The van der Waals surface area contributed by atoms with E-state index in [-0.39, 0.29) is 0 Å². The second-order valence-corrected chi connectivity index (χ2v) is 5.49. The van der Waals surface area contributed by atoms with Crippen LogP contribution in [0.2, 0.25) is 0 Å². The minimum atomic E-state index is 0.494. The fraction of sp³-hybridized carbons (Fsp3) is 0.625. The van der Waals surface area contributed by atoms with E-state index in [1.807, 2.05) is 7.05 Å². The molecule has 2 nitrogen and oxygen atoms in total. The Morgan fingerprint density at radius 3 is 3.00 bits per heavy atom. The highest BCUT2D eigenvalue weighted by atomic mass is 16.5. The number of aryl methyl sites for hydroxylation is 1. The molecule has 0 saturated carbocycles. The van der Waals surface area contributed by atoms with Crippen molar-refractivity contribution in [2.24, 2.45) is 5.92 Å². The standard InChI is InChI=1S/C16H25NO/c1-13-5-3-6-14(9-13)10-15(12-17-2)11-16-7-4-8-18-16/h3,5-6,9,15-17H,4,7-8,10-12H2,1-2H3. The van der Waals surface area contributed by atoms with Crippen LogP contribution in [0.4, 0.5) is 0 Å². The third-order valence-electron chi connectivity index (χ3n) is 3.72. The third kappa shape index (κ3) is 4.11. The summed E-state index contributed by atoms with van der Waals surface area (Å²) < 4.78 is 5.76. The van der Waals surface area contributed by atoms with Gasteiger partial charge in [0, 0.05) is 6.61 Å². The maximum atomic E-state index is 5.76. The van der Waals surface area contributed by atoms with Crippen molar-refractivity contribution in [3.8, 4) is 0 Å². The molecule has 2 heteroatoms. The Morgan fingerprint density at radius 2 is 2.33 bits per heavy atom. The van der Waals surface area contributed by atoms with Crippen LogP contribution in [0.5, 0.6) is 0 Å². The first-order chi connectivity index (χ1) is 8.78. The zero-order valence-corrected chi connectivity index (χ0v) is 11.6. The number of hydrogen-bond donors (Lipinski definition) is 1. The van der Waals surface area contributed by atoms with Gasteiger partial charge in [0.2, 0.25) is 0 Å². The van der Waals surface area contributed by atoms with Gasteiger partial charge < -0.3 is 10.1 Å². The molecule has 0 bridgehead atoms. The SMILES string of the molecule is CNCC(Cc1cccc(C)c1)CC1CCCO1. The zero-order chi connectivity index (χ0) is 12.8. The summed E-state index contributed by atoms with van der Waals surface area (Å²) in [6.45, 7) is 4.20. The van der Waals surface area contributed by atoms with E-state index in [0.717, 1.165) is 19.6 Å². The van der Waals surface area contributed by atoms with E-state index >= 15 is 0 Å². The van der Waals surface area contributed by atoms with Crippen LogP contribution in [-0.2, 0) is 11.2 Å². The van der Waals surface area contributed by atoms with Crippen LogP contribution >= 0.6 is 0 Å². The van der Waals surface area contributed by atoms with E-state index in [1.54, 1.807) is 0 Å². The molecule has 1 fully saturated rings. The molecule has 1 heterocycles. The molecule has 0 amide bonds. The van der Waals surface area contributed by atoms with Gasteiger partial charge in [0.1, 0.15) is 0 Å². The van der Waals surface area contributed by atoms with Gasteiger partial charge in [-0.15, -0.1) is 0 Å². The second kappa shape index (κ2) is 6.91. The number of nitrogens with one attached hydrogen (secondary N) is 1. The molecule has 1 aliphatic heterocycles. The van der Waals surface area contributed by atoms with Gasteiger partial charge in [0.25, 0.3) is 0 Å². The predicted molar refractivity (Wildman–Crippen MR) is 75.9 cm³/mol. The molecule has 100 valence electrons. The molecular weight excluding hydrogens is 222 g/mol. The highest BCUT2D eigenvalue weighted by Crippen LogP contribution is 2.22. The minimum absolute atomic E-state index is 0.494. The van der Waals surface area contributed by atoms with Crippen molar-refractivity contribution in [2.45, 2.75) is 38.7 Å². The van der Waals surface area contributed by atoms with Crippen LogP contribution < -0.4 is 5.32 Å². The molecule has 1 aliphatic rings. The first-order valence-electron chi connectivity index (χ1n) is 7.09. The fourth-order valence-electron chi connectivity index (χ4n) is 2.90. The van der Waals surface area contributed by atoms with Crippen molar-refractivity contribution in [3.05, 3.63) is 35.4 Å². The molecular formula is C16H25NO. The summed E-state index contributed by atoms with van der Waals surface area (Å²) in [5.41, 5.74) is 2.81. The lowest BCUT2D eigenvalue weighted by Crippen LogP contribution is -2.25. The largest absolute Gasteiger partial charge is 0.378 e. The number of hydrogen-bond acceptors (Lipinski definition) is 2. The molecule has 2 rings (SSSR count). The first kappa shape index (κ1) is 13.6. The van der Waals surface area contributed by atoms with Gasteiger partial charge in [0.15, 0.2) is 0 Å². The highest BCUT2D eigenvalue weighted by Gasteiger charge is 2.20. The predicted octanol–water partition coefficient (Wildman–Crippen LogP) is 2.94. The van der Waals surface area contributed by atoms with E-state index in [1.165, 1.54) is 30.4 Å². The summed E-state index contributed by atoms with van der Waals surface area (Å²) in [5.74, 6) is 0.680. The molecule has 1 aromatic carbocycles. The van der Waals surface area contributed by atoms with Crippen molar-refractivity contribution in [1.82, 2.24) is 5.32 Å². The topological polar surface area (TPSA) is 21.3 Å². The van der Waals surface area contributed by atoms with E-state index in [2.05, 4.69) is 36.5 Å². The number of ether oxygens (including phenoxy) is 1. The third-order valence-corrected chi connectivity index (χ3v) is 3.72. The summed E-state index contributed by atoms with van der Waals surface area (Å²) in [7, 11) is 2.04. The molecule has 1 aromatic rings. The normalized spacial score (nSPS) is 21.1. The quantitative estimate of drug-likeness (QED) is 0.834.